The zero-order valence-corrected chi connectivity index (χ0v) is 10.6. The van der Waals surface area contributed by atoms with Crippen molar-refractivity contribution >= 4 is 17.8 Å². The predicted octanol–water partition coefficient (Wildman–Crippen LogP) is -1.08. The van der Waals surface area contributed by atoms with Crippen molar-refractivity contribution in [3.05, 3.63) is 0 Å². The van der Waals surface area contributed by atoms with E-state index in [0.717, 1.165) is 0 Å². The van der Waals surface area contributed by atoms with Crippen LogP contribution in [0.3, 0.4) is 0 Å². The van der Waals surface area contributed by atoms with Crippen LogP contribution in [-0.4, -0.2) is 46.9 Å². The molecule has 0 unspecified atom stereocenters. The molecule has 7 nitrogen and oxygen atoms in total. The number of nitrogens with one attached hydrogen (secondary N) is 2. The molecule has 2 fully saturated rings. The molecule has 18 heavy (non-hydrogen) atoms. The topological polar surface area (TPSA) is 105 Å². The molecule has 4 amide bonds. The van der Waals surface area contributed by atoms with E-state index in [1.807, 2.05) is 0 Å². The number of hydrogen-bond donors (Lipinski definition) is 3. The lowest BCUT2D eigenvalue weighted by atomic mass is 9.87. The van der Waals surface area contributed by atoms with Gasteiger partial charge in [-0.3, -0.25) is 14.9 Å². The molecule has 2 saturated heterocycles. The normalized spacial score (nSPS) is 22.9. The van der Waals surface area contributed by atoms with Crippen molar-refractivity contribution in [2.75, 3.05) is 13.1 Å². The molecule has 0 saturated carbocycles. The molecule has 100 valence electrons. The molecular formula is C11H18N4O3. The zero-order chi connectivity index (χ0) is 13.6. The minimum atomic E-state index is -0.911. The van der Waals surface area contributed by atoms with Crippen molar-refractivity contribution in [1.82, 2.24) is 15.5 Å². The van der Waals surface area contributed by atoms with Crippen LogP contribution in [0.4, 0.5) is 4.79 Å². The molecule has 2 rings (SSSR count). The summed E-state index contributed by atoms with van der Waals surface area (Å²) in [5.41, 5.74) is 4.01. The molecule has 4 N–H and O–H groups in total. The van der Waals surface area contributed by atoms with Crippen LogP contribution in [-0.2, 0) is 9.59 Å². The fourth-order valence-corrected chi connectivity index (χ4v) is 2.38. The molecule has 2 aliphatic heterocycles. The van der Waals surface area contributed by atoms with Gasteiger partial charge >= 0.3 is 6.03 Å². The number of imide groups is 1. The van der Waals surface area contributed by atoms with E-state index in [0.29, 0.717) is 25.9 Å². The lowest BCUT2D eigenvalue weighted by Crippen LogP contribution is -2.59. The van der Waals surface area contributed by atoms with Gasteiger partial charge in [-0.1, -0.05) is 0 Å². The number of likely N-dealkylation sites (tertiary alicyclic amines) is 1. The number of carbonyl (C=O) groups excluding carboxylic acids is 3. The molecule has 0 atom stereocenters. The number of carbonyl (C=O) groups is 3. The lowest BCUT2D eigenvalue weighted by Gasteiger charge is -2.39. The number of nitrogens with zero attached hydrogens (tertiary/aromatic N) is 1. The third-order valence-corrected chi connectivity index (χ3v) is 3.47. The van der Waals surface area contributed by atoms with Crippen LogP contribution < -0.4 is 16.4 Å². The Hall–Kier alpha value is -1.63. The maximum Gasteiger partial charge on any atom is 0.322 e. The third kappa shape index (κ3) is 2.05. The first-order valence-electron chi connectivity index (χ1n) is 5.96. The molecule has 1 spiro atoms. The van der Waals surface area contributed by atoms with E-state index in [9.17, 15) is 14.4 Å². The quantitative estimate of drug-likeness (QED) is 0.518. The van der Waals surface area contributed by atoms with Gasteiger partial charge in [0.2, 0.25) is 5.91 Å². The summed E-state index contributed by atoms with van der Waals surface area (Å²) in [6, 6.07) is -0.459. The molecular weight excluding hydrogens is 236 g/mol. The monoisotopic (exact) mass is 254 g/mol. The summed E-state index contributed by atoms with van der Waals surface area (Å²) in [6.07, 6.45) is 0.846. The second-order valence-electron chi connectivity index (χ2n) is 5.50. The highest BCUT2D eigenvalue weighted by Crippen LogP contribution is 2.26. The van der Waals surface area contributed by atoms with Crippen molar-refractivity contribution in [2.45, 2.75) is 37.8 Å². The van der Waals surface area contributed by atoms with E-state index in [1.54, 1.807) is 18.7 Å². The van der Waals surface area contributed by atoms with Gasteiger partial charge in [-0.05, 0) is 26.7 Å². The number of rotatable bonds is 1. The Bertz CT molecular complexity index is 405. The van der Waals surface area contributed by atoms with E-state index in [1.165, 1.54) is 0 Å². The Morgan fingerprint density at radius 1 is 1.33 bits per heavy atom. The maximum atomic E-state index is 12.0. The van der Waals surface area contributed by atoms with E-state index >= 15 is 0 Å². The minimum Gasteiger partial charge on any atom is -0.341 e. The molecule has 0 aliphatic carbocycles. The summed E-state index contributed by atoms with van der Waals surface area (Å²) in [5, 5.41) is 4.88. The highest BCUT2D eigenvalue weighted by Gasteiger charge is 2.48. The number of piperidine rings is 1. The Balaban J connectivity index is 2.03. The van der Waals surface area contributed by atoms with Crippen molar-refractivity contribution in [2.24, 2.45) is 5.73 Å². The van der Waals surface area contributed by atoms with Crippen LogP contribution in [0.5, 0.6) is 0 Å². The summed E-state index contributed by atoms with van der Waals surface area (Å²) in [4.78, 5) is 36.5. The van der Waals surface area contributed by atoms with Crippen LogP contribution in [0.25, 0.3) is 0 Å². The molecule has 0 bridgehead atoms. The van der Waals surface area contributed by atoms with Gasteiger partial charge in [-0.2, -0.15) is 0 Å². The van der Waals surface area contributed by atoms with Gasteiger partial charge in [0.1, 0.15) is 5.54 Å². The van der Waals surface area contributed by atoms with Crippen molar-refractivity contribution < 1.29 is 14.4 Å². The highest BCUT2D eigenvalue weighted by molar-refractivity contribution is 6.07. The van der Waals surface area contributed by atoms with Gasteiger partial charge in [-0.15, -0.1) is 0 Å². The average Bonchev–Trinajstić information content (AvgIpc) is 2.53. The van der Waals surface area contributed by atoms with Gasteiger partial charge < -0.3 is 16.0 Å². The van der Waals surface area contributed by atoms with E-state index in [2.05, 4.69) is 10.6 Å². The summed E-state index contributed by atoms with van der Waals surface area (Å²) >= 11 is 0. The van der Waals surface area contributed by atoms with Crippen LogP contribution in [0.15, 0.2) is 0 Å². The Kier molecular flexibility index (Phi) is 2.81. The first-order valence-corrected chi connectivity index (χ1v) is 5.96. The SMILES string of the molecule is CC(C)(N)C(=O)N1CCC2(CC1)NC(=O)NC2=O. The second kappa shape index (κ2) is 3.94. The summed E-state index contributed by atoms with van der Waals surface area (Å²) < 4.78 is 0. The number of urea groups is 1. The summed E-state index contributed by atoms with van der Waals surface area (Å²) in [5.74, 6) is -0.436. The molecule has 0 radical (unpaired) electrons. The fraction of sp³-hybridized carbons (Fsp3) is 0.727. The predicted molar refractivity (Wildman–Crippen MR) is 63.5 cm³/mol. The van der Waals surface area contributed by atoms with E-state index in [-0.39, 0.29) is 11.8 Å². The van der Waals surface area contributed by atoms with Crippen LogP contribution >= 0.6 is 0 Å². The van der Waals surface area contributed by atoms with E-state index < -0.39 is 17.1 Å². The number of nitrogens with two attached hydrogens (primary N) is 1. The minimum absolute atomic E-state index is 0.137. The largest absolute Gasteiger partial charge is 0.341 e. The first kappa shape index (κ1) is 12.8. The molecule has 7 heteroatoms. The Morgan fingerprint density at radius 2 is 1.89 bits per heavy atom. The fourth-order valence-electron chi connectivity index (χ4n) is 2.38. The van der Waals surface area contributed by atoms with Crippen molar-refractivity contribution in [3.63, 3.8) is 0 Å². The standard InChI is InChI=1S/C11H18N4O3/c1-10(2,12)8(17)15-5-3-11(4-6-15)7(16)13-9(18)14-11/h3-6,12H2,1-2H3,(H2,13,14,16,18). The molecule has 0 aromatic carbocycles. The van der Waals surface area contributed by atoms with Crippen LogP contribution in [0.2, 0.25) is 0 Å². The van der Waals surface area contributed by atoms with Gasteiger partial charge in [0.15, 0.2) is 0 Å². The summed E-state index contributed by atoms with van der Waals surface area (Å²) in [6.45, 7) is 4.16. The van der Waals surface area contributed by atoms with Gasteiger partial charge in [0, 0.05) is 13.1 Å². The van der Waals surface area contributed by atoms with Gasteiger partial charge in [-0.25, -0.2) is 4.79 Å². The third-order valence-electron chi connectivity index (χ3n) is 3.47. The van der Waals surface area contributed by atoms with Gasteiger partial charge in [0.25, 0.3) is 5.91 Å². The maximum absolute atomic E-state index is 12.0. The second-order valence-corrected chi connectivity index (χ2v) is 5.50. The molecule has 0 aromatic rings. The van der Waals surface area contributed by atoms with Gasteiger partial charge in [0.05, 0.1) is 5.54 Å². The molecule has 2 heterocycles. The Labute approximate surface area is 105 Å². The number of amides is 4. The molecule has 0 aromatic heterocycles. The van der Waals surface area contributed by atoms with Crippen molar-refractivity contribution in [1.29, 1.82) is 0 Å². The van der Waals surface area contributed by atoms with Crippen LogP contribution in [0, 0.1) is 0 Å². The van der Waals surface area contributed by atoms with Crippen molar-refractivity contribution in [3.8, 4) is 0 Å². The number of hydrogen-bond acceptors (Lipinski definition) is 4. The first-order chi connectivity index (χ1) is 8.24. The smallest absolute Gasteiger partial charge is 0.322 e. The molecule has 2 aliphatic rings. The summed E-state index contributed by atoms with van der Waals surface area (Å²) in [7, 11) is 0. The average molecular weight is 254 g/mol. The zero-order valence-electron chi connectivity index (χ0n) is 10.6. The lowest BCUT2D eigenvalue weighted by molar-refractivity contribution is -0.139. The van der Waals surface area contributed by atoms with E-state index in [4.69, 9.17) is 5.73 Å². The Morgan fingerprint density at radius 3 is 2.28 bits per heavy atom. The highest BCUT2D eigenvalue weighted by atomic mass is 16.2. The van der Waals surface area contributed by atoms with Crippen LogP contribution in [0.1, 0.15) is 26.7 Å².